The lowest BCUT2D eigenvalue weighted by Gasteiger charge is -2.33. The van der Waals surface area contributed by atoms with Crippen LogP contribution in [0.3, 0.4) is 0 Å². The number of rotatable bonds is 6. The summed E-state index contributed by atoms with van der Waals surface area (Å²) in [5.41, 5.74) is 1.10. The number of fused-ring (bicyclic) bond motifs is 1. The summed E-state index contributed by atoms with van der Waals surface area (Å²) in [7, 11) is 0. The highest BCUT2D eigenvalue weighted by Crippen LogP contribution is 2.24. The Hall–Kier alpha value is -2.80. The lowest BCUT2D eigenvalue weighted by Crippen LogP contribution is -2.41. The molecule has 1 saturated heterocycles. The Morgan fingerprint density at radius 1 is 1.11 bits per heavy atom. The number of hydrogen-bond donors (Lipinski definition) is 1. The molecule has 0 unspecified atom stereocenters. The van der Waals surface area contributed by atoms with Gasteiger partial charge < -0.3 is 14.2 Å². The summed E-state index contributed by atoms with van der Waals surface area (Å²) in [5, 5.41) is 2.96. The summed E-state index contributed by atoms with van der Waals surface area (Å²) in [6.45, 7) is 2.36. The average molecular weight is 369 g/mol. The Bertz CT molecular complexity index is 951. The topological polar surface area (TPSA) is 80.6 Å². The molecular formula is C20H23N3O4. The van der Waals surface area contributed by atoms with Crippen LogP contribution in [0.25, 0.3) is 11.1 Å². The molecule has 7 nitrogen and oxygen atoms in total. The van der Waals surface area contributed by atoms with Crippen molar-refractivity contribution in [1.82, 2.24) is 14.8 Å². The molecule has 0 radical (unpaired) electrons. The number of para-hydroxylation sites is 2. The number of likely N-dealkylation sites (tertiary alicyclic amines) is 1. The molecule has 0 spiro atoms. The molecule has 1 atom stereocenters. The Morgan fingerprint density at radius 3 is 2.70 bits per heavy atom. The Labute approximate surface area is 156 Å². The van der Waals surface area contributed by atoms with Crippen molar-refractivity contribution in [2.75, 3.05) is 19.6 Å². The zero-order valence-electron chi connectivity index (χ0n) is 15.1. The SMILES string of the molecule is O=C(Cn1c(=O)oc2ccccc21)NC[C@@H](c1ccco1)N1CCCCC1. The van der Waals surface area contributed by atoms with Crippen LogP contribution >= 0.6 is 0 Å². The third-order valence-electron chi connectivity index (χ3n) is 5.07. The van der Waals surface area contributed by atoms with Crippen LogP contribution in [0.2, 0.25) is 0 Å². The first-order valence-corrected chi connectivity index (χ1v) is 9.35. The fraction of sp³-hybridized carbons (Fsp3) is 0.400. The van der Waals surface area contributed by atoms with Crippen molar-refractivity contribution in [3.8, 4) is 0 Å². The molecule has 0 bridgehead atoms. The molecule has 2 aromatic heterocycles. The summed E-state index contributed by atoms with van der Waals surface area (Å²) in [6.07, 6.45) is 5.21. The molecule has 142 valence electrons. The molecule has 1 aliphatic rings. The van der Waals surface area contributed by atoms with E-state index >= 15 is 0 Å². The maximum Gasteiger partial charge on any atom is 0.420 e. The Balaban J connectivity index is 1.45. The number of oxazole rings is 1. The van der Waals surface area contributed by atoms with Crippen molar-refractivity contribution < 1.29 is 13.6 Å². The van der Waals surface area contributed by atoms with Gasteiger partial charge in [0, 0.05) is 6.54 Å². The van der Waals surface area contributed by atoms with Gasteiger partial charge in [0.15, 0.2) is 5.58 Å². The lowest BCUT2D eigenvalue weighted by molar-refractivity contribution is -0.122. The predicted octanol–water partition coefficient (Wildman–Crippen LogP) is 2.53. The van der Waals surface area contributed by atoms with Crippen LogP contribution < -0.4 is 11.1 Å². The van der Waals surface area contributed by atoms with E-state index in [0.717, 1.165) is 31.7 Å². The number of aromatic nitrogens is 1. The molecule has 1 aromatic carbocycles. The second kappa shape index (κ2) is 7.84. The Morgan fingerprint density at radius 2 is 1.93 bits per heavy atom. The lowest BCUT2D eigenvalue weighted by atomic mass is 10.1. The van der Waals surface area contributed by atoms with Crippen LogP contribution in [0, 0.1) is 0 Å². The van der Waals surface area contributed by atoms with Crippen LogP contribution in [-0.2, 0) is 11.3 Å². The van der Waals surface area contributed by atoms with Gasteiger partial charge in [0.25, 0.3) is 0 Å². The molecule has 1 fully saturated rings. The first-order chi connectivity index (χ1) is 13.2. The molecule has 7 heteroatoms. The van der Waals surface area contributed by atoms with Crippen molar-refractivity contribution in [2.24, 2.45) is 0 Å². The summed E-state index contributed by atoms with van der Waals surface area (Å²) in [6, 6.07) is 10.9. The minimum atomic E-state index is -0.523. The number of nitrogens with one attached hydrogen (secondary N) is 1. The van der Waals surface area contributed by atoms with Gasteiger partial charge in [-0.2, -0.15) is 0 Å². The number of amides is 1. The number of carbonyl (C=O) groups excluding carboxylic acids is 1. The number of carbonyl (C=O) groups is 1. The number of nitrogens with zero attached hydrogens (tertiary/aromatic N) is 2. The summed E-state index contributed by atoms with van der Waals surface area (Å²) in [5.74, 6) is 0.102. The van der Waals surface area contributed by atoms with Crippen molar-refractivity contribution >= 4 is 17.0 Å². The molecule has 27 heavy (non-hydrogen) atoms. The average Bonchev–Trinajstić information content (AvgIpc) is 3.32. The number of furan rings is 1. The second-order valence-electron chi connectivity index (χ2n) is 6.85. The second-order valence-corrected chi connectivity index (χ2v) is 6.85. The molecule has 1 N–H and O–H groups in total. The van der Waals surface area contributed by atoms with Crippen LogP contribution in [0.15, 0.2) is 56.3 Å². The summed E-state index contributed by atoms with van der Waals surface area (Å²) < 4.78 is 12.1. The molecule has 4 rings (SSSR count). The monoisotopic (exact) mass is 369 g/mol. The standard InChI is InChI=1S/C20H23N3O4/c24-19(14-23-15-7-2-3-8-18(15)27-20(23)25)21-13-16(17-9-6-12-26-17)22-10-4-1-5-11-22/h2-3,6-9,12,16H,1,4-5,10-11,13-14H2,(H,21,24)/t16-/m0/s1. The third-order valence-corrected chi connectivity index (χ3v) is 5.07. The number of hydrogen-bond acceptors (Lipinski definition) is 5. The highest BCUT2D eigenvalue weighted by molar-refractivity contribution is 5.79. The van der Waals surface area contributed by atoms with E-state index in [1.807, 2.05) is 18.2 Å². The maximum atomic E-state index is 12.5. The first kappa shape index (κ1) is 17.6. The van der Waals surface area contributed by atoms with Gasteiger partial charge in [-0.1, -0.05) is 18.6 Å². The van der Waals surface area contributed by atoms with Gasteiger partial charge in [0.2, 0.25) is 5.91 Å². The minimum absolute atomic E-state index is 0.00191. The van der Waals surface area contributed by atoms with Gasteiger partial charge in [0.1, 0.15) is 12.3 Å². The first-order valence-electron chi connectivity index (χ1n) is 9.35. The van der Waals surface area contributed by atoms with E-state index in [1.165, 1.54) is 11.0 Å². The molecular weight excluding hydrogens is 346 g/mol. The molecule has 0 aliphatic carbocycles. The quantitative estimate of drug-likeness (QED) is 0.722. The van der Waals surface area contributed by atoms with Gasteiger partial charge in [-0.25, -0.2) is 4.79 Å². The smallest absolute Gasteiger partial charge is 0.420 e. The van der Waals surface area contributed by atoms with Crippen molar-refractivity contribution in [3.63, 3.8) is 0 Å². The van der Waals surface area contributed by atoms with Crippen LogP contribution in [0.1, 0.15) is 31.1 Å². The largest absolute Gasteiger partial charge is 0.468 e. The van der Waals surface area contributed by atoms with E-state index < -0.39 is 5.76 Å². The van der Waals surface area contributed by atoms with Gasteiger partial charge in [-0.3, -0.25) is 14.3 Å². The van der Waals surface area contributed by atoms with Gasteiger partial charge >= 0.3 is 5.76 Å². The fourth-order valence-electron chi connectivity index (χ4n) is 3.69. The minimum Gasteiger partial charge on any atom is -0.468 e. The highest BCUT2D eigenvalue weighted by atomic mass is 16.4. The van der Waals surface area contributed by atoms with E-state index in [1.54, 1.807) is 24.5 Å². The van der Waals surface area contributed by atoms with E-state index in [-0.39, 0.29) is 18.5 Å². The molecule has 1 aliphatic heterocycles. The van der Waals surface area contributed by atoms with Crippen molar-refractivity contribution in [1.29, 1.82) is 0 Å². The van der Waals surface area contributed by atoms with Crippen molar-refractivity contribution in [2.45, 2.75) is 31.8 Å². The maximum absolute atomic E-state index is 12.5. The Kier molecular flexibility index (Phi) is 5.11. The van der Waals surface area contributed by atoms with E-state index in [0.29, 0.717) is 17.6 Å². The number of piperidine rings is 1. The van der Waals surface area contributed by atoms with Crippen molar-refractivity contribution in [3.05, 3.63) is 59.0 Å². The fourth-order valence-corrected chi connectivity index (χ4v) is 3.69. The van der Waals surface area contributed by atoms with Gasteiger partial charge in [0.05, 0.1) is 17.8 Å². The summed E-state index contributed by atoms with van der Waals surface area (Å²) in [4.78, 5) is 26.9. The molecule has 3 heterocycles. The van der Waals surface area contributed by atoms with Gasteiger partial charge in [-0.05, 0) is 50.2 Å². The number of benzene rings is 1. The zero-order valence-corrected chi connectivity index (χ0v) is 15.1. The van der Waals surface area contributed by atoms with E-state index in [4.69, 9.17) is 8.83 Å². The summed E-state index contributed by atoms with van der Waals surface area (Å²) >= 11 is 0. The van der Waals surface area contributed by atoms with E-state index in [2.05, 4.69) is 10.2 Å². The highest BCUT2D eigenvalue weighted by Gasteiger charge is 2.25. The normalized spacial score (nSPS) is 16.4. The molecule has 1 amide bonds. The van der Waals surface area contributed by atoms with Crippen LogP contribution in [0.5, 0.6) is 0 Å². The van der Waals surface area contributed by atoms with Gasteiger partial charge in [-0.15, -0.1) is 0 Å². The molecule has 0 saturated carbocycles. The predicted molar refractivity (Wildman–Crippen MR) is 100 cm³/mol. The van der Waals surface area contributed by atoms with E-state index in [9.17, 15) is 9.59 Å². The molecule has 3 aromatic rings. The third kappa shape index (κ3) is 3.83. The van der Waals surface area contributed by atoms with Crippen LogP contribution in [0.4, 0.5) is 0 Å². The van der Waals surface area contributed by atoms with Crippen LogP contribution in [-0.4, -0.2) is 35.0 Å². The zero-order chi connectivity index (χ0) is 18.6.